The number of likely N-dealkylation sites (tertiary alicyclic amines) is 1. The smallest absolute Gasteiger partial charge is 0.433 e. The number of alkyl halides is 3. The molecule has 1 fully saturated rings. The van der Waals surface area contributed by atoms with E-state index in [0.717, 1.165) is 6.42 Å². The molecule has 3 amide bonds. The average molecular weight is 521 g/mol. The number of rotatable bonds is 6. The van der Waals surface area contributed by atoms with Gasteiger partial charge in [-0.25, -0.2) is 14.8 Å². The van der Waals surface area contributed by atoms with Crippen LogP contribution in [0.2, 0.25) is 0 Å². The van der Waals surface area contributed by atoms with Crippen molar-refractivity contribution in [2.75, 3.05) is 19.6 Å². The Morgan fingerprint density at radius 3 is 2.62 bits per heavy atom. The van der Waals surface area contributed by atoms with Crippen LogP contribution in [0.5, 0.6) is 0 Å². The number of pyridine rings is 1. The molecule has 2 aliphatic rings. The quantitative estimate of drug-likeness (QED) is 0.599. The normalized spacial score (nSPS) is 18.8. The second kappa shape index (κ2) is 10.7. The van der Waals surface area contributed by atoms with Crippen LogP contribution in [0.15, 0.2) is 24.5 Å². The van der Waals surface area contributed by atoms with Crippen molar-refractivity contribution in [1.29, 1.82) is 0 Å². The number of halogens is 3. The fourth-order valence-electron chi connectivity index (χ4n) is 4.72. The summed E-state index contributed by atoms with van der Waals surface area (Å²) in [5, 5.41) is 11.6. The van der Waals surface area contributed by atoms with E-state index < -0.39 is 29.9 Å². The van der Waals surface area contributed by atoms with E-state index >= 15 is 0 Å². The second-order valence-electron chi connectivity index (χ2n) is 9.41. The molecule has 2 aromatic heterocycles. The fourth-order valence-corrected chi connectivity index (χ4v) is 4.72. The largest absolute Gasteiger partial charge is 0.465 e. The Labute approximate surface area is 210 Å². The zero-order valence-electron chi connectivity index (χ0n) is 20.2. The summed E-state index contributed by atoms with van der Waals surface area (Å²) in [7, 11) is 0. The molecule has 2 aliphatic heterocycles. The topological polar surface area (TPSA) is 129 Å². The molecular formula is C24H27F3N6O4. The first kappa shape index (κ1) is 26.3. The number of amides is 3. The Bertz CT molecular complexity index is 1180. The van der Waals surface area contributed by atoms with Crippen molar-refractivity contribution in [3.8, 4) is 11.4 Å². The summed E-state index contributed by atoms with van der Waals surface area (Å²) < 4.78 is 41.5. The first-order chi connectivity index (χ1) is 17.5. The minimum atomic E-state index is -4.70. The molecule has 4 heterocycles. The third-order valence-electron chi connectivity index (χ3n) is 6.55. The predicted octanol–water partition coefficient (Wildman–Crippen LogP) is 2.73. The molecule has 4 rings (SSSR count). The van der Waals surface area contributed by atoms with E-state index in [-0.39, 0.29) is 61.4 Å². The van der Waals surface area contributed by atoms with E-state index in [2.05, 4.69) is 20.3 Å². The molecule has 0 bridgehead atoms. The van der Waals surface area contributed by atoms with Crippen molar-refractivity contribution in [2.24, 2.45) is 5.92 Å². The van der Waals surface area contributed by atoms with Gasteiger partial charge in [-0.1, -0.05) is 6.92 Å². The van der Waals surface area contributed by atoms with Crippen molar-refractivity contribution in [3.05, 3.63) is 41.5 Å². The fraction of sp³-hybridized carbons (Fsp3) is 0.500. The highest BCUT2D eigenvalue weighted by molar-refractivity contribution is 5.79. The standard InChI is InChI=1S/C24H27F3N6O4/c1-14-2-3-19(34)33(11-14)12-16(29-23(36)37)10-20(35)32-9-6-17-18(13-32)30-22(15-4-7-28-8-5-15)31-21(17)24(25,26)27/h4-5,7-8,14,16,29H,2-3,6,9-13H2,1H3,(H,36,37)/t14-,16+/m1/s1. The lowest BCUT2D eigenvalue weighted by molar-refractivity contribution is -0.142. The number of hydrogen-bond donors (Lipinski definition) is 2. The van der Waals surface area contributed by atoms with Crippen molar-refractivity contribution in [3.63, 3.8) is 0 Å². The van der Waals surface area contributed by atoms with E-state index in [1.165, 1.54) is 29.4 Å². The first-order valence-electron chi connectivity index (χ1n) is 11.9. The number of aromatic nitrogens is 3. The van der Waals surface area contributed by atoms with E-state index in [0.29, 0.717) is 18.5 Å². The van der Waals surface area contributed by atoms with Crippen LogP contribution in [-0.2, 0) is 28.7 Å². The lowest BCUT2D eigenvalue weighted by atomic mass is 9.98. The maximum atomic E-state index is 13.8. The predicted molar refractivity (Wildman–Crippen MR) is 124 cm³/mol. The number of hydrogen-bond acceptors (Lipinski definition) is 6. The molecule has 1 saturated heterocycles. The van der Waals surface area contributed by atoms with Crippen LogP contribution in [0.25, 0.3) is 11.4 Å². The summed E-state index contributed by atoms with van der Waals surface area (Å²) >= 11 is 0. The van der Waals surface area contributed by atoms with Crippen LogP contribution >= 0.6 is 0 Å². The average Bonchev–Trinajstić information content (AvgIpc) is 2.84. The third kappa shape index (κ3) is 6.33. The molecule has 2 atom stereocenters. The van der Waals surface area contributed by atoms with Crippen LogP contribution in [-0.4, -0.2) is 73.4 Å². The van der Waals surface area contributed by atoms with Crippen LogP contribution < -0.4 is 5.32 Å². The molecule has 0 saturated carbocycles. The molecule has 198 valence electrons. The van der Waals surface area contributed by atoms with Gasteiger partial charge in [0.1, 0.15) is 0 Å². The summed E-state index contributed by atoms with van der Waals surface area (Å²) in [6.07, 6.45) is -2.41. The van der Waals surface area contributed by atoms with E-state index in [9.17, 15) is 32.7 Å². The summed E-state index contributed by atoms with van der Waals surface area (Å²) in [5.74, 6) is -0.408. The van der Waals surface area contributed by atoms with Gasteiger partial charge in [-0.05, 0) is 30.9 Å². The van der Waals surface area contributed by atoms with Gasteiger partial charge in [0, 0.05) is 56.0 Å². The Balaban J connectivity index is 1.54. The van der Waals surface area contributed by atoms with Crippen molar-refractivity contribution in [1.82, 2.24) is 30.1 Å². The number of nitrogens with one attached hydrogen (secondary N) is 1. The number of carboxylic acid groups (broad SMARTS) is 1. The van der Waals surface area contributed by atoms with Crippen LogP contribution in [0.1, 0.15) is 43.1 Å². The number of fused-ring (bicyclic) bond motifs is 1. The van der Waals surface area contributed by atoms with E-state index in [1.807, 2.05) is 6.92 Å². The van der Waals surface area contributed by atoms with Gasteiger partial charge >= 0.3 is 12.3 Å². The van der Waals surface area contributed by atoms with Gasteiger partial charge < -0.3 is 20.2 Å². The molecule has 0 aliphatic carbocycles. The van der Waals surface area contributed by atoms with Crippen LogP contribution in [0.3, 0.4) is 0 Å². The van der Waals surface area contributed by atoms with Gasteiger partial charge in [-0.2, -0.15) is 13.2 Å². The Morgan fingerprint density at radius 1 is 1.22 bits per heavy atom. The third-order valence-corrected chi connectivity index (χ3v) is 6.55. The van der Waals surface area contributed by atoms with Gasteiger partial charge in [-0.3, -0.25) is 14.6 Å². The highest BCUT2D eigenvalue weighted by Crippen LogP contribution is 2.35. The molecule has 0 unspecified atom stereocenters. The van der Waals surface area contributed by atoms with Gasteiger partial charge in [0.25, 0.3) is 0 Å². The van der Waals surface area contributed by atoms with Gasteiger partial charge in [0.15, 0.2) is 11.5 Å². The minimum Gasteiger partial charge on any atom is -0.465 e. The molecule has 13 heteroatoms. The zero-order chi connectivity index (χ0) is 26.7. The van der Waals surface area contributed by atoms with Gasteiger partial charge in [0.2, 0.25) is 11.8 Å². The van der Waals surface area contributed by atoms with Crippen molar-refractivity contribution >= 4 is 17.9 Å². The summed E-state index contributed by atoms with van der Waals surface area (Å²) in [5.41, 5.74) is -0.628. The Kier molecular flexibility index (Phi) is 7.60. The lowest BCUT2D eigenvalue weighted by Crippen LogP contribution is -2.50. The van der Waals surface area contributed by atoms with Gasteiger partial charge in [0.05, 0.1) is 18.3 Å². The highest BCUT2D eigenvalue weighted by atomic mass is 19.4. The SMILES string of the molecule is C[C@@H]1CCC(=O)N(C[C@H](CC(=O)N2CCc3c(nc(-c4ccncc4)nc3C(F)(F)F)C2)NC(=O)O)C1. The highest BCUT2D eigenvalue weighted by Gasteiger charge is 2.39. The summed E-state index contributed by atoms with van der Waals surface area (Å²) in [6.45, 7) is 2.34. The number of carbonyl (C=O) groups is 3. The number of carbonyl (C=O) groups excluding carboxylic acids is 2. The monoisotopic (exact) mass is 520 g/mol. The van der Waals surface area contributed by atoms with E-state index in [1.54, 1.807) is 4.90 Å². The van der Waals surface area contributed by atoms with Crippen molar-refractivity contribution < 1.29 is 32.7 Å². The number of nitrogens with zero attached hydrogens (tertiary/aromatic N) is 5. The van der Waals surface area contributed by atoms with Crippen LogP contribution in [0.4, 0.5) is 18.0 Å². The maximum absolute atomic E-state index is 13.8. The Hall–Kier alpha value is -3.77. The lowest BCUT2D eigenvalue weighted by Gasteiger charge is -2.35. The van der Waals surface area contributed by atoms with Crippen molar-refractivity contribution in [2.45, 2.75) is 51.4 Å². The molecular weight excluding hydrogens is 493 g/mol. The number of piperidine rings is 1. The Morgan fingerprint density at radius 2 is 1.95 bits per heavy atom. The molecule has 10 nitrogen and oxygen atoms in total. The maximum Gasteiger partial charge on any atom is 0.433 e. The zero-order valence-corrected chi connectivity index (χ0v) is 20.2. The molecule has 2 N–H and O–H groups in total. The molecule has 0 aromatic carbocycles. The molecule has 0 spiro atoms. The second-order valence-corrected chi connectivity index (χ2v) is 9.41. The summed E-state index contributed by atoms with van der Waals surface area (Å²) in [4.78, 5) is 51.7. The van der Waals surface area contributed by atoms with Gasteiger partial charge in [-0.15, -0.1) is 0 Å². The van der Waals surface area contributed by atoms with E-state index in [4.69, 9.17) is 0 Å². The molecule has 0 radical (unpaired) electrons. The first-order valence-corrected chi connectivity index (χ1v) is 11.9. The summed E-state index contributed by atoms with van der Waals surface area (Å²) in [6, 6.07) is 2.14. The molecule has 2 aromatic rings. The molecule has 37 heavy (non-hydrogen) atoms. The van der Waals surface area contributed by atoms with Crippen LogP contribution in [0, 0.1) is 5.92 Å². The minimum absolute atomic E-state index is 0.00630.